The lowest BCUT2D eigenvalue weighted by Crippen LogP contribution is -2.44. The number of nitrogens with one attached hydrogen (secondary N) is 1. The fourth-order valence-electron chi connectivity index (χ4n) is 3.60. The molecule has 6 heteroatoms. The van der Waals surface area contributed by atoms with E-state index in [1.165, 1.54) is 6.07 Å². The summed E-state index contributed by atoms with van der Waals surface area (Å²) in [6, 6.07) is 12.4. The molecule has 1 aliphatic rings. The lowest BCUT2D eigenvalue weighted by atomic mass is 9.90. The Kier molecular flexibility index (Phi) is 6.74. The second-order valence-corrected chi connectivity index (χ2v) is 7.06. The quantitative estimate of drug-likeness (QED) is 0.816. The van der Waals surface area contributed by atoms with Crippen LogP contribution in [0.2, 0.25) is 0 Å². The smallest absolute Gasteiger partial charge is 0.317 e. The van der Waals surface area contributed by atoms with Crippen LogP contribution in [0.15, 0.2) is 42.5 Å². The summed E-state index contributed by atoms with van der Waals surface area (Å²) in [5.41, 5.74) is 1.66. The van der Waals surface area contributed by atoms with Crippen molar-refractivity contribution in [2.75, 3.05) is 27.3 Å². The molecule has 2 aromatic rings. The summed E-state index contributed by atoms with van der Waals surface area (Å²) in [6.07, 6.45) is 2.49. The Morgan fingerprint density at radius 2 is 1.86 bits per heavy atom. The van der Waals surface area contributed by atoms with Gasteiger partial charge >= 0.3 is 6.03 Å². The van der Waals surface area contributed by atoms with Crippen molar-refractivity contribution in [2.45, 2.75) is 25.8 Å². The van der Waals surface area contributed by atoms with Gasteiger partial charge in [0.05, 0.1) is 14.2 Å². The molecule has 2 aromatic carbocycles. The molecule has 1 fully saturated rings. The van der Waals surface area contributed by atoms with Crippen LogP contribution in [0.1, 0.15) is 24.0 Å². The maximum Gasteiger partial charge on any atom is 0.317 e. The van der Waals surface area contributed by atoms with Gasteiger partial charge in [0.25, 0.3) is 0 Å². The molecule has 1 heterocycles. The molecule has 0 spiro atoms. The molecule has 0 aliphatic carbocycles. The Balaban J connectivity index is 1.48. The number of carbonyl (C=O) groups is 1. The molecular formula is C22H27FN2O3. The standard InChI is InChI=1S/C22H27FN2O3/c1-27-19-8-7-18(21(14-19)28-2)15-24-22(26)25-11-9-16(10-12-25)13-17-5-3-4-6-20(17)23/h3-8,14,16H,9-13,15H2,1-2H3,(H,24,26). The first-order valence-electron chi connectivity index (χ1n) is 9.57. The predicted molar refractivity (Wildman–Crippen MR) is 106 cm³/mol. The molecule has 28 heavy (non-hydrogen) atoms. The molecule has 3 rings (SSSR count). The van der Waals surface area contributed by atoms with E-state index in [0.717, 1.165) is 30.4 Å². The van der Waals surface area contributed by atoms with Gasteiger partial charge < -0.3 is 19.7 Å². The van der Waals surface area contributed by atoms with Crippen molar-refractivity contribution in [3.05, 3.63) is 59.4 Å². The summed E-state index contributed by atoms with van der Waals surface area (Å²) >= 11 is 0. The Bertz CT molecular complexity index is 804. The number of likely N-dealkylation sites (tertiary alicyclic amines) is 1. The number of hydrogen-bond acceptors (Lipinski definition) is 3. The molecule has 2 amide bonds. The summed E-state index contributed by atoms with van der Waals surface area (Å²) in [4.78, 5) is 14.3. The van der Waals surface area contributed by atoms with E-state index < -0.39 is 0 Å². The van der Waals surface area contributed by atoms with Gasteiger partial charge in [-0.15, -0.1) is 0 Å². The molecule has 0 radical (unpaired) electrons. The fourth-order valence-corrected chi connectivity index (χ4v) is 3.60. The molecule has 5 nitrogen and oxygen atoms in total. The van der Waals surface area contributed by atoms with E-state index >= 15 is 0 Å². The number of amides is 2. The van der Waals surface area contributed by atoms with Gasteiger partial charge in [-0.05, 0) is 48.9 Å². The molecule has 0 unspecified atom stereocenters. The third-order valence-electron chi connectivity index (χ3n) is 5.29. The van der Waals surface area contributed by atoms with Gasteiger partial charge in [-0.25, -0.2) is 9.18 Å². The molecule has 1 N–H and O–H groups in total. The maximum absolute atomic E-state index is 13.8. The molecule has 1 saturated heterocycles. The molecule has 150 valence electrons. The van der Waals surface area contributed by atoms with Crippen LogP contribution in [0.25, 0.3) is 0 Å². The van der Waals surface area contributed by atoms with Crippen molar-refractivity contribution in [3.63, 3.8) is 0 Å². The molecular weight excluding hydrogens is 359 g/mol. The largest absolute Gasteiger partial charge is 0.497 e. The molecule has 1 aliphatic heterocycles. The van der Waals surface area contributed by atoms with Crippen molar-refractivity contribution >= 4 is 6.03 Å². The van der Waals surface area contributed by atoms with Crippen LogP contribution in [0, 0.1) is 11.7 Å². The first kappa shape index (κ1) is 20.0. The van der Waals surface area contributed by atoms with Crippen LogP contribution in [-0.2, 0) is 13.0 Å². The van der Waals surface area contributed by atoms with E-state index in [1.54, 1.807) is 26.4 Å². The number of hydrogen-bond donors (Lipinski definition) is 1. The van der Waals surface area contributed by atoms with Crippen LogP contribution in [0.4, 0.5) is 9.18 Å². The van der Waals surface area contributed by atoms with E-state index in [-0.39, 0.29) is 11.8 Å². The van der Waals surface area contributed by atoms with E-state index in [2.05, 4.69) is 5.32 Å². The SMILES string of the molecule is COc1ccc(CNC(=O)N2CCC(Cc3ccccc3F)CC2)c(OC)c1. The Hall–Kier alpha value is -2.76. The topological polar surface area (TPSA) is 50.8 Å². The highest BCUT2D eigenvalue weighted by atomic mass is 19.1. The van der Waals surface area contributed by atoms with Crippen molar-refractivity contribution in [1.29, 1.82) is 0 Å². The molecule has 0 atom stereocenters. The van der Waals surface area contributed by atoms with Gasteiger partial charge in [0.15, 0.2) is 0 Å². The minimum atomic E-state index is -0.142. The highest BCUT2D eigenvalue weighted by molar-refractivity contribution is 5.74. The summed E-state index contributed by atoms with van der Waals surface area (Å²) in [5, 5.41) is 2.96. The third kappa shape index (κ3) is 4.94. The van der Waals surface area contributed by atoms with Crippen LogP contribution in [-0.4, -0.2) is 38.2 Å². The summed E-state index contributed by atoms with van der Waals surface area (Å²) in [5.74, 6) is 1.66. The predicted octanol–water partition coefficient (Wildman–Crippen LogP) is 4.01. The number of methoxy groups -OCH3 is 2. The third-order valence-corrected chi connectivity index (χ3v) is 5.29. The van der Waals surface area contributed by atoms with Gasteiger partial charge in [-0.1, -0.05) is 18.2 Å². The second-order valence-electron chi connectivity index (χ2n) is 7.06. The number of nitrogens with zero attached hydrogens (tertiary/aromatic N) is 1. The zero-order valence-corrected chi connectivity index (χ0v) is 16.4. The van der Waals surface area contributed by atoms with Crippen LogP contribution >= 0.6 is 0 Å². The minimum Gasteiger partial charge on any atom is -0.497 e. The van der Waals surface area contributed by atoms with E-state index in [9.17, 15) is 9.18 Å². The van der Waals surface area contributed by atoms with Crippen molar-refractivity contribution in [1.82, 2.24) is 10.2 Å². The van der Waals surface area contributed by atoms with Gasteiger partial charge in [-0.3, -0.25) is 0 Å². The lowest BCUT2D eigenvalue weighted by molar-refractivity contribution is 0.169. The van der Waals surface area contributed by atoms with Crippen molar-refractivity contribution in [2.24, 2.45) is 5.92 Å². The fraction of sp³-hybridized carbons (Fsp3) is 0.409. The number of carbonyl (C=O) groups excluding carboxylic acids is 1. The normalized spacial score (nSPS) is 14.6. The van der Waals surface area contributed by atoms with Crippen LogP contribution in [0.3, 0.4) is 0 Å². The van der Waals surface area contributed by atoms with Gasteiger partial charge in [0, 0.05) is 31.3 Å². The van der Waals surface area contributed by atoms with Crippen molar-refractivity contribution in [3.8, 4) is 11.5 Å². The maximum atomic E-state index is 13.8. The first-order chi connectivity index (χ1) is 13.6. The van der Waals surface area contributed by atoms with Crippen LogP contribution < -0.4 is 14.8 Å². The van der Waals surface area contributed by atoms with Gasteiger partial charge in [-0.2, -0.15) is 0 Å². The molecule has 0 bridgehead atoms. The monoisotopic (exact) mass is 386 g/mol. The van der Waals surface area contributed by atoms with Gasteiger partial charge in [0.2, 0.25) is 0 Å². The second kappa shape index (κ2) is 9.44. The summed E-state index contributed by atoms with van der Waals surface area (Å²) in [6.45, 7) is 1.76. The first-order valence-corrected chi connectivity index (χ1v) is 9.57. The highest BCUT2D eigenvalue weighted by Crippen LogP contribution is 2.25. The summed E-state index contributed by atoms with van der Waals surface area (Å²) in [7, 11) is 3.20. The number of halogens is 1. The zero-order valence-electron chi connectivity index (χ0n) is 16.4. The summed E-state index contributed by atoms with van der Waals surface area (Å²) < 4.78 is 24.4. The average Bonchev–Trinajstić information content (AvgIpc) is 2.74. The lowest BCUT2D eigenvalue weighted by Gasteiger charge is -2.32. The Labute approximate surface area is 165 Å². The Morgan fingerprint density at radius 3 is 2.54 bits per heavy atom. The van der Waals surface area contributed by atoms with Crippen LogP contribution in [0.5, 0.6) is 11.5 Å². The highest BCUT2D eigenvalue weighted by Gasteiger charge is 2.23. The van der Waals surface area contributed by atoms with Crippen molar-refractivity contribution < 1.29 is 18.7 Å². The van der Waals surface area contributed by atoms with E-state index in [0.29, 0.717) is 37.1 Å². The number of piperidine rings is 1. The number of ether oxygens (including phenoxy) is 2. The molecule has 0 saturated carbocycles. The minimum absolute atomic E-state index is 0.0813. The zero-order chi connectivity index (χ0) is 19.9. The molecule has 0 aromatic heterocycles. The average molecular weight is 386 g/mol. The number of urea groups is 1. The number of benzene rings is 2. The van der Waals surface area contributed by atoms with E-state index in [1.807, 2.05) is 29.2 Å². The Morgan fingerprint density at radius 1 is 1.11 bits per heavy atom. The number of rotatable bonds is 6. The van der Waals surface area contributed by atoms with Gasteiger partial charge in [0.1, 0.15) is 17.3 Å². The van der Waals surface area contributed by atoms with E-state index in [4.69, 9.17) is 9.47 Å².